The number of sulfonamides is 1. The highest BCUT2D eigenvalue weighted by atomic mass is 32.2. The maximum atomic E-state index is 12.8. The summed E-state index contributed by atoms with van der Waals surface area (Å²) in [5, 5.41) is -1.25. The molecule has 152 valence electrons. The number of carbonyl (C=O) groups excluding carboxylic acids is 1. The van der Waals surface area contributed by atoms with Gasteiger partial charge in [0.1, 0.15) is 5.25 Å². The summed E-state index contributed by atoms with van der Waals surface area (Å²) in [6.45, 7) is 0.888. The molecule has 0 saturated carbocycles. The van der Waals surface area contributed by atoms with Crippen LogP contribution in [-0.2, 0) is 30.8 Å². The SMILES string of the molecule is C[C@@H](C(=O)N1CCN(S(=O)(=O)c2cccc(C(F)(F)F)c2)CC1)S(C)(=O)=O. The van der Waals surface area contributed by atoms with E-state index in [1.807, 2.05) is 0 Å². The Morgan fingerprint density at radius 3 is 2.11 bits per heavy atom. The third kappa shape index (κ3) is 4.79. The monoisotopic (exact) mass is 428 g/mol. The molecular weight excluding hydrogens is 409 g/mol. The van der Waals surface area contributed by atoms with Crippen LogP contribution in [0, 0.1) is 0 Å². The average molecular weight is 428 g/mol. The summed E-state index contributed by atoms with van der Waals surface area (Å²) in [5.41, 5.74) is -1.07. The molecule has 12 heteroatoms. The standard InChI is InChI=1S/C15H19F3N2O5S2/c1-11(26(2,22)23)14(21)19-6-8-20(9-7-19)27(24,25)13-5-3-4-12(10-13)15(16,17)18/h3-5,10-11H,6-9H2,1-2H3/t11-/m0/s1. The van der Waals surface area contributed by atoms with Crippen LogP contribution in [0.5, 0.6) is 0 Å². The molecular formula is C15H19F3N2O5S2. The molecule has 0 unspecified atom stereocenters. The minimum Gasteiger partial charge on any atom is -0.339 e. The van der Waals surface area contributed by atoms with E-state index in [1.165, 1.54) is 11.8 Å². The van der Waals surface area contributed by atoms with Gasteiger partial charge in [-0.05, 0) is 25.1 Å². The van der Waals surface area contributed by atoms with Gasteiger partial charge in [-0.3, -0.25) is 4.79 Å². The predicted octanol–water partition coefficient (Wildman–Crippen LogP) is 0.971. The zero-order valence-corrected chi connectivity index (χ0v) is 16.2. The van der Waals surface area contributed by atoms with E-state index in [9.17, 15) is 34.8 Å². The second-order valence-corrected chi connectivity index (χ2v) is 10.5. The summed E-state index contributed by atoms with van der Waals surface area (Å²) in [4.78, 5) is 12.9. The highest BCUT2D eigenvalue weighted by Gasteiger charge is 2.36. The molecule has 0 bridgehead atoms. The maximum Gasteiger partial charge on any atom is 0.416 e. The maximum absolute atomic E-state index is 12.8. The zero-order chi connectivity index (χ0) is 20.6. The molecule has 0 aromatic heterocycles. The van der Waals surface area contributed by atoms with Gasteiger partial charge in [0.15, 0.2) is 9.84 Å². The number of halogens is 3. The van der Waals surface area contributed by atoms with E-state index < -0.39 is 47.7 Å². The van der Waals surface area contributed by atoms with Gasteiger partial charge >= 0.3 is 6.18 Å². The number of sulfone groups is 1. The molecule has 1 heterocycles. The van der Waals surface area contributed by atoms with E-state index in [0.717, 1.165) is 28.8 Å². The lowest BCUT2D eigenvalue weighted by molar-refractivity contribution is -0.137. The van der Waals surface area contributed by atoms with E-state index in [-0.39, 0.29) is 26.2 Å². The molecule has 0 radical (unpaired) electrons. The number of benzene rings is 1. The third-order valence-electron chi connectivity index (χ3n) is 4.34. The van der Waals surface area contributed by atoms with Crippen LogP contribution in [0.2, 0.25) is 0 Å². The Morgan fingerprint density at radius 2 is 1.63 bits per heavy atom. The van der Waals surface area contributed by atoms with Gasteiger partial charge in [-0.25, -0.2) is 16.8 Å². The molecule has 1 amide bonds. The topological polar surface area (TPSA) is 91.8 Å². The lowest BCUT2D eigenvalue weighted by Gasteiger charge is -2.35. The number of alkyl halides is 3. The normalized spacial score (nSPS) is 18.3. The second kappa shape index (κ2) is 7.40. The van der Waals surface area contributed by atoms with Gasteiger partial charge in [0.25, 0.3) is 0 Å². The van der Waals surface area contributed by atoms with Crippen molar-refractivity contribution >= 4 is 25.8 Å². The number of carbonyl (C=O) groups is 1. The highest BCUT2D eigenvalue weighted by molar-refractivity contribution is 7.92. The highest BCUT2D eigenvalue weighted by Crippen LogP contribution is 2.31. The number of hydrogen-bond donors (Lipinski definition) is 0. The molecule has 1 aliphatic heterocycles. The fraction of sp³-hybridized carbons (Fsp3) is 0.533. The Labute approximate surface area is 155 Å². The summed E-state index contributed by atoms with van der Waals surface area (Å²) < 4.78 is 87.6. The molecule has 0 N–H and O–H groups in total. The van der Waals surface area contributed by atoms with E-state index in [4.69, 9.17) is 0 Å². The number of amides is 1. The van der Waals surface area contributed by atoms with Crippen LogP contribution in [0.15, 0.2) is 29.2 Å². The summed E-state index contributed by atoms with van der Waals surface area (Å²) in [5.74, 6) is -0.631. The van der Waals surface area contributed by atoms with E-state index >= 15 is 0 Å². The number of hydrogen-bond acceptors (Lipinski definition) is 5. The smallest absolute Gasteiger partial charge is 0.339 e. The molecule has 27 heavy (non-hydrogen) atoms. The van der Waals surface area contributed by atoms with Crippen LogP contribution >= 0.6 is 0 Å². The minimum atomic E-state index is -4.67. The van der Waals surface area contributed by atoms with Gasteiger partial charge in [0.05, 0.1) is 10.5 Å². The van der Waals surface area contributed by atoms with Crippen molar-refractivity contribution in [3.8, 4) is 0 Å². The Balaban J connectivity index is 2.15. The molecule has 0 aliphatic carbocycles. The Kier molecular flexibility index (Phi) is 5.93. The molecule has 1 atom stereocenters. The van der Waals surface area contributed by atoms with Crippen LogP contribution in [-0.4, -0.2) is 69.6 Å². The average Bonchev–Trinajstić information content (AvgIpc) is 2.59. The lowest BCUT2D eigenvalue weighted by atomic mass is 10.2. The lowest BCUT2D eigenvalue weighted by Crippen LogP contribution is -2.53. The Hall–Kier alpha value is -1.66. The van der Waals surface area contributed by atoms with Crippen molar-refractivity contribution in [2.75, 3.05) is 32.4 Å². The van der Waals surface area contributed by atoms with Crippen molar-refractivity contribution in [1.82, 2.24) is 9.21 Å². The summed E-state index contributed by atoms with van der Waals surface area (Å²) in [6.07, 6.45) is -3.73. The zero-order valence-electron chi connectivity index (χ0n) is 14.6. The van der Waals surface area contributed by atoms with Crippen molar-refractivity contribution < 1.29 is 34.8 Å². The van der Waals surface area contributed by atoms with Crippen molar-refractivity contribution in [2.45, 2.75) is 23.2 Å². The quantitative estimate of drug-likeness (QED) is 0.713. The van der Waals surface area contributed by atoms with E-state index in [2.05, 4.69) is 0 Å². The molecule has 7 nitrogen and oxygen atoms in total. The van der Waals surface area contributed by atoms with Crippen LogP contribution in [0.4, 0.5) is 13.2 Å². The van der Waals surface area contributed by atoms with Crippen LogP contribution < -0.4 is 0 Å². The van der Waals surface area contributed by atoms with Crippen molar-refractivity contribution in [3.05, 3.63) is 29.8 Å². The first-order valence-electron chi connectivity index (χ1n) is 7.89. The Bertz CT molecular complexity index is 921. The third-order valence-corrected chi connectivity index (χ3v) is 7.72. The second-order valence-electron chi connectivity index (χ2n) is 6.23. The van der Waals surface area contributed by atoms with Gasteiger partial charge < -0.3 is 4.90 Å². The largest absolute Gasteiger partial charge is 0.416 e. The number of piperazine rings is 1. The van der Waals surface area contributed by atoms with Gasteiger partial charge in [0, 0.05) is 32.4 Å². The number of rotatable bonds is 4. The molecule has 1 fully saturated rings. The van der Waals surface area contributed by atoms with Crippen molar-refractivity contribution in [3.63, 3.8) is 0 Å². The molecule has 2 rings (SSSR count). The van der Waals surface area contributed by atoms with E-state index in [0.29, 0.717) is 6.07 Å². The summed E-state index contributed by atoms with van der Waals surface area (Å²) in [6, 6.07) is 3.44. The minimum absolute atomic E-state index is 0.0448. The fourth-order valence-electron chi connectivity index (χ4n) is 2.57. The van der Waals surface area contributed by atoms with E-state index in [1.54, 1.807) is 0 Å². The first-order chi connectivity index (χ1) is 12.2. The first kappa shape index (κ1) is 21.6. The van der Waals surface area contributed by atoms with Crippen molar-refractivity contribution in [1.29, 1.82) is 0 Å². The first-order valence-corrected chi connectivity index (χ1v) is 11.3. The van der Waals surface area contributed by atoms with Crippen LogP contribution in [0.25, 0.3) is 0 Å². The predicted molar refractivity (Wildman–Crippen MR) is 91.1 cm³/mol. The van der Waals surface area contributed by atoms with Gasteiger partial charge in [-0.2, -0.15) is 17.5 Å². The van der Waals surface area contributed by atoms with Crippen molar-refractivity contribution in [2.24, 2.45) is 0 Å². The van der Waals surface area contributed by atoms with Gasteiger partial charge in [-0.15, -0.1) is 0 Å². The van der Waals surface area contributed by atoms with Gasteiger partial charge in [-0.1, -0.05) is 6.07 Å². The summed E-state index contributed by atoms with van der Waals surface area (Å²) in [7, 11) is -7.75. The Morgan fingerprint density at radius 1 is 1.07 bits per heavy atom. The molecule has 1 aliphatic rings. The van der Waals surface area contributed by atoms with Gasteiger partial charge in [0.2, 0.25) is 15.9 Å². The summed E-state index contributed by atoms with van der Waals surface area (Å²) >= 11 is 0. The van der Waals surface area contributed by atoms with Crippen LogP contribution in [0.3, 0.4) is 0 Å². The number of nitrogens with zero attached hydrogens (tertiary/aromatic N) is 2. The molecule has 1 saturated heterocycles. The van der Waals surface area contributed by atoms with Crippen LogP contribution in [0.1, 0.15) is 12.5 Å². The molecule has 0 spiro atoms. The molecule has 1 aromatic carbocycles. The molecule has 1 aromatic rings. The fourth-order valence-corrected chi connectivity index (χ4v) is 4.55.